The number of rotatable bonds is 2. The van der Waals surface area contributed by atoms with Crippen LogP contribution >= 0.6 is 23.8 Å². The van der Waals surface area contributed by atoms with Crippen molar-refractivity contribution in [3.8, 4) is 0 Å². The molecule has 1 aliphatic rings. The highest BCUT2D eigenvalue weighted by Crippen LogP contribution is 2.27. The van der Waals surface area contributed by atoms with Crippen molar-refractivity contribution in [2.75, 3.05) is 5.32 Å². The molecular formula is C17H14ClNOS. The largest absolute Gasteiger partial charge is 0.349 e. The number of carbonyl (C=O) groups excluding carboxylic acids is 1. The Balaban J connectivity index is 1.77. The molecule has 0 fully saturated rings. The number of hydrogen-bond acceptors (Lipinski definition) is 2. The van der Waals surface area contributed by atoms with E-state index in [4.69, 9.17) is 23.8 Å². The summed E-state index contributed by atoms with van der Waals surface area (Å²) < 4.78 is 0. The van der Waals surface area contributed by atoms with Crippen LogP contribution < -0.4 is 5.32 Å². The molecule has 3 rings (SSSR count). The summed E-state index contributed by atoms with van der Waals surface area (Å²) >= 11 is 11.3. The maximum atomic E-state index is 12.6. The molecule has 1 atom stereocenters. The van der Waals surface area contributed by atoms with Gasteiger partial charge < -0.3 is 5.32 Å². The lowest BCUT2D eigenvalue weighted by Gasteiger charge is -2.24. The number of carbonyl (C=O) groups is 1. The van der Waals surface area contributed by atoms with Crippen molar-refractivity contribution in [1.29, 1.82) is 0 Å². The van der Waals surface area contributed by atoms with E-state index in [1.165, 1.54) is 0 Å². The Morgan fingerprint density at radius 3 is 2.62 bits per heavy atom. The number of Topliss-reactive ketones (excluding diaryl/α,β-unsaturated/α-hetero) is 1. The predicted octanol–water partition coefficient (Wildman–Crippen LogP) is 4.52. The van der Waals surface area contributed by atoms with Gasteiger partial charge in [0.15, 0.2) is 5.78 Å². The normalized spacial score (nSPS) is 17.2. The second-order valence-corrected chi connectivity index (χ2v) is 5.99. The highest BCUT2D eigenvalue weighted by atomic mass is 35.5. The average molecular weight is 316 g/mol. The Morgan fingerprint density at radius 2 is 1.86 bits per heavy atom. The van der Waals surface area contributed by atoms with Crippen molar-refractivity contribution in [1.82, 2.24) is 0 Å². The number of thiocarbonyl (C=S) groups is 1. The molecule has 1 unspecified atom stereocenters. The molecule has 4 heteroatoms. The Bertz CT molecular complexity index is 696. The first-order valence-electron chi connectivity index (χ1n) is 6.84. The van der Waals surface area contributed by atoms with E-state index in [0.717, 1.165) is 29.7 Å². The summed E-state index contributed by atoms with van der Waals surface area (Å²) in [5, 5.41) is 3.83. The van der Waals surface area contributed by atoms with Crippen molar-refractivity contribution >= 4 is 40.3 Å². The second kappa shape index (κ2) is 5.96. The SMILES string of the molecule is O=C1c2ccccc2CCC1C(=S)Nc1ccc(Cl)cc1. The van der Waals surface area contributed by atoms with Crippen LogP contribution in [0.2, 0.25) is 5.02 Å². The average Bonchev–Trinajstić information content (AvgIpc) is 2.50. The number of benzene rings is 2. The molecule has 2 nitrogen and oxygen atoms in total. The highest BCUT2D eigenvalue weighted by molar-refractivity contribution is 7.80. The molecule has 0 saturated heterocycles. The predicted molar refractivity (Wildman–Crippen MR) is 90.3 cm³/mol. The minimum atomic E-state index is -0.245. The van der Waals surface area contributed by atoms with Gasteiger partial charge in [0.1, 0.15) is 0 Å². The maximum Gasteiger partial charge on any atom is 0.172 e. The summed E-state index contributed by atoms with van der Waals surface area (Å²) in [6, 6.07) is 15.1. The molecule has 1 aliphatic carbocycles. The molecule has 0 bridgehead atoms. The molecule has 0 aliphatic heterocycles. The van der Waals surface area contributed by atoms with Crippen molar-refractivity contribution in [2.24, 2.45) is 5.92 Å². The van der Waals surface area contributed by atoms with Crippen LogP contribution in [0.3, 0.4) is 0 Å². The molecule has 0 amide bonds. The van der Waals surface area contributed by atoms with Crippen molar-refractivity contribution in [3.05, 3.63) is 64.7 Å². The molecule has 0 spiro atoms. The summed E-state index contributed by atoms with van der Waals surface area (Å²) in [5.41, 5.74) is 2.78. The molecule has 2 aromatic rings. The Morgan fingerprint density at radius 1 is 1.14 bits per heavy atom. The summed E-state index contributed by atoms with van der Waals surface area (Å²) in [7, 11) is 0. The van der Waals surface area contributed by atoms with Crippen LogP contribution in [0.15, 0.2) is 48.5 Å². The molecular weight excluding hydrogens is 302 g/mol. The van der Waals surface area contributed by atoms with Crippen molar-refractivity contribution in [3.63, 3.8) is 0 Å². The molecule has 0 heterocycles. The van der Waals surface area contributed by atoms with Gasteiger partial charge in [-0.1, -0.05) is 48.1 Å². The lowest BCUT2D eigenvalue weighted by atomic mass is 9.82. The zero-order chi connectivity index (χ0) is 14.8. The smallest absolute Gasteiger partial charge is 0.172 e. The third-order valence-electron chi connectivity index (χ3n) is 3.73. The first-order valence-corrected chi connectivity index (χ1v) is 7.62. The van der Waals surface area contributed by atoms with Gasteiger partial charge in [-0.05, 0) is 42.7 Å². The lowest BCUT2D eigenvalue weighted by molar-refractivity contribution is 0.0942. The number of halogens is 1. The van der Waals surface area contributed by atoms with Crippen molar-refractivity contribution in [2.45, 2.75) is 12.8 Å². The Labute approximate surface area is 134 Å². The van der Waals surface area contributed by atoms with Crippen LogP contribution in [0, 0.1) is 5.92 Å². The van der Waals surface area contributed by atoms with Gasteiger partial charge in [-0.25, -0.2) is 0 Å². The van der Waals surface area contributed by atoms with Gasteiger partial charge in [-0.2, -0.15) is 0 Å². The minimum Gasteiger partial charge on any atom is -0.349 e. The fourth-order valence-corrected chi connectivity index (χ4v) is 3.08. The summed E-state index contributed by atoms with van der Waals surface area (Å²) in [6.45, 7) is 0. The quantitative estimate of drug-likeness (QED) is 0.826. The fraction of sp³-hybridized carbons (Fsp3) is 0.176. The fourth-order valence-electron chi connectivity index (χ4n) is 2.61. The van der Waals surface area contributed by atoms with Gasteiger partial charge >= 0.3 is 0 Å². The van der Waals surface area contributed by atoms with Crippen LogP contribution in [0.5, 0.6) is 0 Å². The number of nitrogens with one attached hydrogen (secondary N) is 1. The highest BCUT2D eigenvalue weighted by Gasteiger charge is 2.30. The molecule has 1 N–H and O–H groups in total. The number of hydrogen-bond donors (Lipinski definition) is 1. The van der Waals surface area contributed by atoms with Crippen molar-refractivity contribution < 1.29 is 4.79 Å². The van der Waals surface area contributed by atoms with E-state index in [1.54, 1.807) is 12.1 Å². The first kappa shape index (κ1) is 14.2. The van der Waals surface area contributed by atoms with Crippen LogP contribution in [0.4, 0.5) is 5.69 Å². The van der Waals surface area contributed by atoms with E-state index in [2.05, 4.69) is 5.32 Å². The molecule has 0 saturated carbocycles. The summed E-state index contributed by atoms with van der Waals surface area (Å²) in [5.74, 6) is -0.131. The van der Waals surface area contributed by atoms with E-state index in [-0.39, 0.29) is 11.7 Å². The number of anilines is 1. The van der Waals surface area contributed by atoms with Crippen LogP contribution in [-0.4, -0.2) is 10.8 Å². The van der Waals surface area contributed by atoms with Gasteiger partial charge in [0.2, 0.25) is 0 Å². The van der Waals surface area contributed by atoms with Gasteiger partial charge in [0.05, 0.1) is 10.9 Å². The monoisotopic (exact) mass is 315 g/mol. The molecule has 21 heavy (non-hydrogen) atoms. The number of aryl methyl sites for hydroxylation is 1. The van der Waals surface area contributed by atoms with E-state index < -0.39 is 0 Å². The zero-order valence-electron chi connectivity index (χ0n) is 11.3. The van der Waals surface area contributed by atoms with Gasteiger partial charge in [0.25, 0.3) is 0 Å². The van der Waals surface area contributed by atoms with E-state index in [9.17, 15) is 4.79 Å². The number of fused-ring (bicyclic) bond motifs is 1. The number of ketones is 1. The van der Waals surface area contributed by atoms with Gasteiger partial charge in [-0.3, -0.25) is 4.79 Å². The van der Waals surface area contributed by atoms with Crippen LogP contribution in [-0.2, 0) is 6.42 Å². The van der Waals surface area contributed by atoms with E-state index in [0.29, 0.717) is 10.0 Å². The Kier molecular flexibility index (Phi) is 4.04. The molecule has 0 aromatic heterocycles. The molecule has 2 aromatic carbocycles. The second-order valence-electron chi connectivity index (χ2n) is 5.11. The third kappa shape index (κ3) is 2.99. The van der Waals surface area contributed by atoms with Crippen LogP contribution in [0.1, 0.15) is 22.3 Å². The van der Waals surface area contributed by atoms with E-state index >= 15 is 0 Å². The van der Waals surface area contributed by atoms with Gasteiger partial charge in [0, 0.05) is 16.3 Å². The molecule has 106 valence electrons. The van der Waals surface area contributed by atoms with E-state index in [1.807, 2.05) is 36.4 Å². The summed E-state index contributed by atoms with van der Waals surface area (Å²) in [4.78, 5) is 13.1. The molecule has 0 radical (unpaired) electrons. The van der Waals surface area contributed by atoms with Gasteiger partial charge in [-0.15, -0.1) is 0 Å². The minimum absolute atomic E-state index is 0.114. The van der Waals surface area contributed by atoms with Crippen LogP contribution in [0.25, 0.3) is 0 Å². The topological polar surface area (TPSA) is 29.1 Å². The first-order chi connectivity index (χ1) is 10.1. The maximum absolute atomic E-state index is 12.6. The Hall–Kier alpha value is -1.71. The third-order valence-corrected chi connectivity index (χ3v) is 4.37. The zero-order valence-corrected chi connectivity index (χ0v) is 12.9. The lowest BCUT2D eigenvalue weighted by Crippen LogP contribution is -2.32. The summed E-state index contributed by atoms with van der Waals surface area (Å²) in [6.07, 6.45) is 1.64. The standard InChI is InChI=1S/C17H14ClNOS/c18-12-6-8-13(9-7-12)19-17(21)15-10-5-11-3-1-2-4-14(11)16(15)20/h1-4,6-9,15H,5,10H2,(H,19,21).